The third kappa shape index (κ3) is 3.27. The van der Waals surface area contributed by atoms with Gasteiger partial charge >= 0.3 is 6.09 Å². The van der Waals surface area contributed by atoms with Gasteiger partial charge in [0.15, 0.2) is 0 Å². The zero-order valence-electron chi connectivity index (χ0n) is 12.2. The summed E-state index contributed by atoms with van der Waals surface area (Å²) in [6.07, 6.45) is 0.851. The molecule has 1 aromatic rings. The molecule has 0 aromatic heterocycles. The SMILES string of the molecule is CCOc1cccc(C2(CC#N)CCN(C(=O)O)CC2)c1. The van der Waals surface area contributed by atoms with Gasteiger partial charge in [0.25, 0.3) is 0 Å². The number of nitrogens with zero attached hydrogens (tertiary/aromatic N) is 2. The second-order valence-electron chi connectivity index (χ2n) is 5.35. The molecule has 1 N–H and O–H groups in total. The van der Waals surface area contributed by atoms with Crippen LogP contribution in [0.5, 0.6) is 5.75 Å². The Morgan fingerprint density at radius 2 is 2.19 bits per heavy atom. The molecule has 0 radical (unpaired) electrons. The minimum Gasteiger partial charge on any atom is -0.494 e. The third-order valence-electron chi connectivity index (χ3n) is 4.17. The number of rotatable bonds is 4. The fraction of sp³-hybridized carbons (Fsp3) is 0.500. The summed E-state index contributed by atoms with van der Waals surface area (Å²) >= 11 is 0. The first kappa shape index (κ1) is 15.2. The molecule has 1 heterocycles. The van der Waals surface area contributed by atoms with Gasteiger partial charge in [-0.25, -0.2) is 4.79 Å². The van der Waals surface area contributed by atoms with E-state index < -0.39 is 6.09 Å². The van der Waals surface area contributed by atoms with E-state index in [1.165, 1.54) is 4.90 Å². The van der Waals surface area contributed by atoms with E-state index in [9.17, 15) is 10.1 Å². The van der Waals surface area contributed by atoms with Gasteiger partial charge in [-0.1, -0.05) is 12.1 Å². The van der Waals surface area contributed by atoms with Crippen LogP contribution in [0.25, 0.3) is 0 Å². The number of likely N-dealkylation sites (tertiary alicyclic amines) is 1. The summed E-state index contributed by atoms with van der Waals surface area (Å²) in [4.78, 5) is 12.5. The molecule has 21 heavy (non-hydrogen) atoms. The first-order chi connectivity index (χ1) is 10.1. The van der Waals surface area contributed by atoms with Crippen LogP contribution in [0, 0.1) is 11.3 Å². The van der Waals surface area contributed by atoms with Gasteiger partial charge in [0.05, 0.1) is 12.7 Å². The van der Waals surface area contributed by atoms with Crippen molar-refractivity contribution in [2.45, 2.75) is 31.6 Å². The number of hydrogen-bond acceptors (Lipinski definition) is 3. The molecule has 5 heteroatoms. The lowest BCUT2D eigenvalue weighted by Crippen LogP contribution is -2.44. The Labute approximate surface area is 124 Å². The van der Waals surface area contributed by atoms with E-state index in [1.807, 2.05) is 31.2 Å². The van der Waals surface area contributed by atoms with Gasteiger partial charge in [0.2, 0.25) is 0 Å². The molecule has 0 aliphatic carbocycles. The lowest BCUT2D eigenvalue weighted by atomic mass is 9.71. The quantitative estimate of drug-likeness (QED) is 0.924. The number of amides is 1. The van der Waals surface area contributed by atoms with Crippen molar-refractivity contribution in [3.8, 4) is 11.8 Å². The zero-order valence-corrected chi connectivity index (χ0v) is 12.2. The average molecular weight is 288 g/mol. The second-order valence-corrected chi connectivity index (χ2v) is 5.35. The summed E-state index contributed by atoms with van der Waals surface area (Å²) in [7, 11) is 0. The Kier molecular flexibility index (Phi) is 4.69. The molecule has 1 aromatic carbocycles. The molecule has 0 atom stereocenters. The van der Waals surface area contributed by atoms with Gasteiger partial charge in [-0.3, -0.25) is 0 Å². The largest absolute Gasteiger partial charge is 0.494 e. The van der Waals surface area contributed by atoms with Crippen LogP contribution in [-0.2, 0) is 5.41 Å². The lowest BCUT2D eigenvalue weighted by Gasteiger charge is -2.40. The van der Waals surface area contributed by atoms with E-state index in [0.717, 1.165) is 11.3 Å². The first-order valence-corrected chi connectivity index (χ1v) is 7.19. The van der Waals surface area contributed by atoms with Crippen molar-refractivity contribution in [2.75, 3.05) is 19.7 Å². The normalized spacial score (nSPS) is 17.0. The highest BCUT2D eigenvalue weighted by Crippen LogP contribution is 2.39. The lowest BCUT2D eigenvalue weighted by molar-refractivity contribution is 0.116. The van der Waals surface area contributed by atoms with Crippen LogP contribution in [0.3, 0.4) is 0 Å². The number of carbonyl (C=O) groups is 1. The number of piperidine rings is 1. The number of nitriles is 1. The van der Waals surface area contributed by atoms with Crippen molar-refractivity contribution in [1.29, 1.82) is 5.26 Å². The van der Waals surface area contributed by atoms with Crippen molar-refractivity contribution in [3.05, 3.63) is 29.8 Å². The van der Waals surface area contributed by atoms with E-state index in [0.29, 0.717) is 39.0 Å². The standard InChI is InChI=1S/C16H20N2O3/c1-2-21-14-5-3-4-13(12-14)16(6-9-17)7-10-18(11-8-16)15(19)20/h3-5,12H,2,6-8,10-11H2,1H3,(H,19,20). The maximum Gasteiger partial charge on any atom is 0.407 e. The molecule has 5 nitrogen and oxygen atoms in total. The minimum atomic E-state index is -0.886. The molecule has 1 aliphatic rings. The van der Waals surface area contributed by atoms with Gasteiger partial charge in [0.1, 0.15) is 5.75 Å². The maximum atomic E-state index is 11.0. The Morgan fingerprint density at radius 1 is 1.48 bits per heavy atom. The van der Waals surface area contributed by atoms with Crippen LogP contribution in [0.1, 0.15) is 31.7 Å². The van der Waals surface area contributed by atoms with Crippen molar-refractivity contribution in [2.24, 2.45) is 0 Å². The van der Waals surface area contributed by atoms with Gasteiger partial charge in [-0.15, -0.1) is 0 Å². The van der Waals surface area contributed by atoms with Crippen LogP contribution in [0.2, 0.25) is 0 Å². The predicted molar refractivity (Wildman–Crippen MR) is 78.4 cm³/mol. The van der Waals surface area contributed by atoms with E-state index in [4.69, 9.17) is 9.84 Å². The monoisotopic (exact) mass is 288 g/mol. The number of benzene rings is 1. The van der Waals surface area contributed by atoms with E-state index in [2.05, 4.69) is 6.07 Å². The average Bonchev–Trinajstić information content (AvgIpc) is 2.49. The van der Waals surface area contributed by atoms with E-state index >= 15 is 0 Å². The number of hydrogen-bond donors (Lipinski definition) is 1. The molecular formula is C16H20N2O3. The van der Waals surface area contributed by atoms with Crippen LogP contribution in [0.4, 0.5) is 4.79 Å². The van der Waals surface area contributed by atoms with E-state index in [1.54, 1.807) is 0 Å². The molecule has 2 rings (SSSR count). The molecule has 1 aliphatic heterocycles. The van der Waals surface area contributed by atoms with Crippen molar-refractivity contribution in [1.82, 2.24) is 4.90 Å². The number of carboxylic acid groups (broad SMARTS) is 1. The Hall–Kier alpha value is -2.22. The maximum absolute atomic E-state index is 11.0. The summed E-state index contributed by atoms with van der Waals surface area (Å²) in [6.45, 7) is 3.47. The Balaban J connectivity index is 2.25. The van der Waals surface area contributed by atoms with E-state index in [-0.39, 0.29) is 5.41 Å². The first-order valence-electron chi connectivity index (χ1n) is 7.19. The molecule has 0 spiro atoms. The summed E-state index contributed by atoms with van der Waals surface area (Å²) in [5.41, 5.74) is 0.799. The minimum absolute atomic E-state index is 0.270. The van der Waals surface area contributed by atoms with Gasteiger partial charge in [-0.2, -0.15) is 5.26 Å². The molecule has 0 bridgehead atoms. The van der Waals surface area contributed by atoms with Crippen LogP contribution in [0.15, 0.2) is 24.3 Å². The fourth-order valence-corrected chi connectivity index (χ4v) is 2.93. The van der Waals surface area contributed by atoms with Crippen molar-refractivity contribution < 1.29 is 14.6 Å². The molecule has 1 amide bonds. The van der Waals surface area contributed by atoms with Crippen LogP contribution in [-0.4, -0.2) is 35.8 Å². The highest BCUT2D eigenvalue weighted by atomic mass is 16.5. The van der Waals surface area contributed by atoms with Gasteiger partial charge in [0, 0.05) is 24.9 Å². The summed E-state index contributed by atoms with van der Waals surface area (Å²) < 4.78 is 5.53. The Bertz CT molecular complexity index is 543. The summed E-state index contributed by atoms with van der Waals surface area (Å²) in [5, 5.41) is 18.2. The van der Waals surface area contributed by atoms with Crippen molar-refractivity contribution in [3.63, 3.8) is 0 Å². The van der Waals surface area contributed by atoms with Gasteiger partial charge < -0.3 is 14.7 Å². The highest BCUT2D eigenvalue weighted by Gasteiger charge is 2.37. The Morgan fingerprint density at radius 3 is 2.76 bits per heavy atom. The molecule has 1 fully saturated rings. The summed E-state index contributed by atoms with van der Waals surface area (Å²) in [6, 6.07) is 10.1. The third-order valence-corrected chi connectivity index (χ3v) is 4.17. The molecule has 112 valence electrons. The smallest absolute Gasteiger partial charge is 0.407 e. The zero-order chi connectivity index (χ0) is 15.3. The molecular weight excluding hydrogens is 268 g/mol. The van der Waals surface area contributed by atoms with Crippen LogP contribution < -0.4 is 4.74 Å². The molecule has 0 unspecified atom stereocenters. The van der Waals surface area contributed by atoms with Gasteiger partial charge in [-0.05, 0) is 37.5 Å². The topological polar surface area (TPSA) is 73.6 Å². The predicted octanol–water partition coefficient (Wildman–Crippen LogP) is 3.01. The number of ether oxygens (including phenoxy) is 1. The second kappa shape index (κ2) is 6.49. The molecule has 0 saturated carbocycles. The fourth-order valence-electron chi connectivity index (χ4n) is 2.93. The highest BCUT2D eigenvalue weighted by molar-refractivity contribution is 5.65. The summed E-state index contributed by atoms with van der Waals surface area (Å²) in [5.74, 6) is 0.799. The molecule has 1 saturated heterocycles. The van der Waals surface area contributed by atoms with Crippen LogP contribution >= 0.6 is 0 Å². The van der Waals surface area contributed by atoms with Crippen molar-refractivity contribution >= 4 is 6.09 Å².